The fourth-order valence-electron chi connectivity index (χ4n) is 2.40. The molecule has 2 aromatic rings. The third-order valence-corrected chi connectivity index (χ3v) is 3.73. The van der Waals surface area contributed by atoms with Gasteiger partial charge in [-0.3, -0.25) is 4.79 Å². The van der Waals surface area contributed by atoms with E-state index >= 15 is 0 Å². The molecule has 2 aromatic heterocycles. The number of aromatic nitrogens is 3. The Morgan fingerprint density at radius 1 is 1.41 bits per heavy atom. The van der Waals surface area contributed by atoms with Gasteiger partial charge in [0.15, 0.2) is 0 Å². The van der Waals surface area contributed by atoms with Gasteiger partial charge in [-0.1, -0.05) is 5.16 Å². The lowest BCUT2D eigenvalue weighted by molar-refractivity contribution is -0.142. The van der Waals surface area contributed by atoms with E-state index in [2.05, 4.69) is 15.1 Å². The van der Waals surface area contributed by atoms with Crippen LogP contribution in [0, 0.1) is 5.92 Å². The SMILES string of the molecule is COc1ccc(-c2noc(N3CCC(C(=O)O)CC3)n2)nc1. The molecule has 3 heterocycles. The maximum Gasteiger partial charge on any atom is 0.324 e. The molecule has 0 amide bonds. The van der Waals surface area contributed by atoms with Gasteiger partial charge in [0.25, 0.3) is 0 Å². The summed E-state index contributed by atoms with van der Waals surface area (Å²) < 4.78 is 10.3. The van der Waals surface area contributed by atoms with E-state index in [1.807, 2.05) is 4.90 Å². The summed E-state index contributed by atoms with van der Waals surface area (Å²) in [6.07, 6.45) is 2.74. The van der Waals surface area contributed by atoms with Gasteiger partial charge in [0.1, 0.15) is 11.4 Å². The number of pyridine rings is 1. The summed E-state index contributed by atoms with van der Waals surface area (Å²) in [5, 5.41) is 12.9. The molecule has 0 radical (unpaired) electrons. The topological polar surface area (TPSA) is 102 Å². The number of aliphatic carboxylic acids is 1. The van der Waals surface area contributed by atoms with Crippen molar-refractivity contribution in [2.24, 2.45) is 5.92 Å². The molecule has 3 rings (SSSR count). The van der Waals surface area contributed by atoms with Crippen molar-refractivity contribution in [1.82, 2.24) is 15.1 Å². The molecule has 1 aliphatic heterocycles. The Balaban J connectivity index is 1.70. The van der Waals surface area contributed by atoms with Gasteiger partial charge >= 0.3 is 12.0 Å². The van der Waals surface area contributed by atoms with Gasteiger partial charge in [-0.05, 0) is 25.0 Å². The number of carboxylic acid groups (broad SMARTS) is 1. The first-order chi connectivity index (χ1) is 10.7. The number of anilines is 1. The number of carboxylic acids is 1. The van der Waals surface area contributed by atoms with Crippen LogP contribution in [0.3, 0.4) is 0 Å². The van der Waals surface area contributed by atoms with Crippen LogP contribution in [0.2, 0.25) is 0 Å². The second-order valence-corrected chi connectivity index (χ2v) is 5.08. The highest BCUT2D eigenvalue weighted by atomic mass is 16.5. The molecule has 1 fully saturated rings. The Bertz CT molecular complexity index is 647. The van der Waals surface area contributed by atoms with Crippen LogP contribution in [-0.4, -0.2) is 46.4 Å². The van der Waals surface area contributed by atoms with Crippen molar-refractivity contribution >= 4 is 12.0 Å². The predicted molar refractivity (Wildman–Crippen MR) is 76.7 cm³/mol. The highest BCUT2D eigenvalue weighted by molar-refractivity contribution is 5.70. The first-order valence-corrected chi connectivity index (χ1v) is 6.99. The number of methoxy groups -OCH3 is 1. The van der Waals surface area contributed by atoms with Crippen molar-refractivity contribution in [3.8, 4) is 17.3 Å². The second kappa shape index (κ2) is 6.00. The van der Waals surface area contributed by atoms with Crippen LogP contribution in [0.5, 0.6) is 5.75 Å². The Morgan fingerprint density at radius 2 is 2.18 bits per heavy atom. The third-order valence-electron chi connectivity index (χ3n) is 3.73. The van der Waals surface area contributed by atoms with Crippen LogP contribution >= 0.6 is 0 Å². The molecule has 1 saturated heterocycles. The predicted octanol–water partition coefficient (Wildman–Crippen LogP) is 1.44. The van der Waals surface area contributed by atoms with Crippen molar-refractivity contribution in [3.05, 3.63) is 18.3 Å². The molecule has 0 atom stereocenters. The zero-order chi connectivity index (χ0) is 15.5. The molecule has 0 bridgehead atoms. The number of nitrogens with zero attached hydrogens (tertiary/aromatic N) is 4. The van der Waals surface area contributed by atoms with Crippen LogP contribution in [-0.2, 0) is 4.79 Å². The lowest BCUT2D eigenvalue weighted by Gasteiger charge is -2.28. The Kier molecular flexibility index (Phi) is 3.90. The number of carbonyl (C=O) groups is 1. The van der Waals surface area contributed by atoms with Gasteiger partial charge in [0.05, 0.1) is 19.2 Å². The van der Waals surface area contributed by atoms with Gasteiger partial charge in [-0.2, -0.15) is 4.98 Å². The lowest BCUT2D eigenvalue weighted by Crippen LogP contribution is -2.36. The Labute approximate surface area is 126 Å². The average molecular weight is 304 g/mol. The van der Waals surface area contributed by atoms with Crippen molar-refractivity contribution in [3.63, 3.8) is 0 Å². The summed E-state index contributed by atoms with van der Waals surface area (Å²) in [7, 11) is 1.57. The van der Waals surface area contributed by atoms with Crippen LogP contribution in [0.4, 0.5) is 6.01 Å². The van der Waals surface area contributed by atoms with Gasteiger partial charge in [0.2, 0.25) is 5.82 Å². The van der Waals surface area contributed by atoms with Gasteiger partial charge in [-0.25, -0.2) is 4.98 Å². The summed E-state index contributed by atoms with van der Waals surface area (Å²) in [5.74, 6) is 0.0245. The molecule has 0 aromatic carbocycles. The summed E-state index contributed by atoms with van der Waals surface area (Å²) in [6.45, 7) is 1.18. The van der Waals surface area contributed by atoms with Crippen LogP contribution in [0.1, 0.15) is 12.8 Å². The van der Waals surface area contributed by atoms with E-state index in [0.29, 0.717) is 49.2 Å². The highest BCUT2D eigenvalue weighted by Crippen LogP contribution is 2.24. The van der Waals surface area contributed by atoms with E-state index < -0.39 is 5.97 Å². The first kappa shape index (κ1) is 14.3. The van der Waals surface area contributed by atoms with Crippen molar-refractivity contribution in [2.45, 2.75) is 12.8 Å². The van der Waals surface area contributed by atoms with Crippen molar-refractivity contribution in [2.75, 3.05) is 25.1 Å². The van der Waals surface area contributed by atoms with Gasteiger partial charge < -0.3 is 19.3 Å². The maximum atomic E-state index is 11.0. The van der Waals surface area contributed by atoms with Crippen LogP contribution < -0.4 is 9.64 Å². The van der Waals surface area contributed by atoms with Gasteiger partial charge in [0, 0.05) is 13.1 Å². The van der Waals surface area contributed by atoms with Crippen LogP contribution in [0.25, 0.3) is 11.5 Å². The normalized spacial score (nSPS) is 15.8. The van der Waals surface area contributed by atoms with Crippen LogP contribution in [0.15, 0.2) is 22.9 Å². The standard InChI is InChI=1S/C14H16N4O4/c1-21-10-2-3-11(15-8-10)12-16-14(22-17-12)18-6-4-9(5-7-18)13(19)20/h2-3,8-9H,4-7H2,1H3,(H,19,20). The number of piperidine rings is 1. The molecule has 0 unspecified atom stereocenters. The number of hydrogen-bond donors (Lipinski definition) is 1. The molecular weight excluding hydrogens is 288 g/mol. The molecule has 1 N–H and O–H groups in total. The minimum Gasteiger partial charge on any atom is -0.495 e. The molecule has 1 aliphatic rings. The Morgan fingerprint density at radius 3 is 2.77 bits per heavy atom. The zero-order valence-corrected chi connectivity index (χ0v) is 12.1. The number of rotatable bonds is 4. The van der Waals surface area contributed by atoms with E-state index in [1.165, 1.54) is 0 Å². The quantitative estimate of drug-likeness (QED) is 0.905. The third kappa shape index (κ3) is 2.85. The highest BCUT2D eigenvalue weighted by Gasteiger charge is 2.27. The number of hydrogen-bond acceptors (Lipinski definition) is 7. The summed E-state index contributed by atoms with van der Waals surface area (Å²) >= 11 is 0. The van der Waals surface area contributed by atoms with E-state index in [4.69, 9.17) is 14.4 Å². The maximum absolute atomic E-state index is 11.0. The number of ether oxygens (including phenoxy) is 1. The minimum atomic E-state index is -0.742. The first-order valence-electron chi connectivity index (χ1n) is 6.99. The average Bonchev–Trinajstić information content (AvgIpc) is 3.05. The summed E-state index contributed by atoms with van der Waals surface area (Å²) in [5.41, 5.74) is 0.594. The fourth-order valence-corrected chi connectivity index (χ4v) is 2.40. The molecule has 8 heteroatoms. The molecule has 8 nitrogen and oxygen atoms in total. The van der Waals surface area contributed by atoms with E-state index in [9.17, 15) is 4.79 Å². The minimum absolute atomic E-state index is 0.290. The largest absolute Gasteiger partial charge is 0.495 e. The lowest BCUT2D eigenvalue weighted by atomic mass is 9.97. The van der Waals surface area contributed by atoms with E-state index in [1.54, 1.807) is 25.4 Å². The van der Waals surface area contributed by atoms with Gasteiger partial charge in [-0.15, -0.1) is 0 Å². The Hall–Kier alpha value is -2.64. The van der Waals surface area contributed by atoms with Crippen molar-refractivity contribution < 1.29 is 19.2 Å². The molecule has 22 heavy (non-hydrogen) atoms. The fraction of sp³-hybridized carbons (Fsp3) is 0.429. The molecule has 0 aliphatic carbocycles. The molecule has 0 spiro atoms. The van der Waals surface area contributed by atoms with Crippen molar-refractivity contribution in [1.29, 1.82) is 0 Å². The molecular formula is C14H16N4O4. The summed E-state index contributed by atoms with van der Waals surface area (Å²) in [4.78, 5) is 21.4. The second-order valence-electron chi connectivity index (χ2n) is 5.08. The van der Waals surface area contributed by atoms with E-state index in [0.717, 1.165) is 0 Å². The van der Waals surface area contributed by atoms with E-state index in [-0.39, 0.29) is 5.92 Å². The molecule has 0 saturated carbocycles. The zero-order valence-electron chi connectivity index (χ0n) is 12.1. The summed E-state index contributed by atoms with van der Waals surface area (Å²) in [6, 6.07) is 3.93. The smallest absolute Gasteiger partial charge is 0.324 e. The monoisotopic (exact) mass is 304 g/mol. The molecule has 116 valence electrons.